The summed E-state index contributed by atoms with van der Waals surface area (Å²) >= 11 is 0. The number of piperidine rings is 1. The highest BCUT2D eigenvalue weighted by atomic mass is 19.4. The van der Waals surface area contributed by atoms with Crippen molar-refractivity contribution in [2.45, 2.75) is 32.0 Å². The van der Waals surface area contributed by atoms with Gasteiger partial charge in [-0.15, -0.1) is 0 Å². The van der Waals surface area contributed by atoms with Crippen LogP contribution in [0, 0.1) is 5.92 Å². The smallest absolute Gasteiger partial charge is 0.334 e. The highest BCUT2D eigenvalue weighted by molar-refractivity contribution is 5.95. The lowest BCUT2D eigenvalue weighted by molar-refractivity contribution is -0.159. The van der Waals surface area contributed by atoms with Crippen molar-refractivity contribution in [3.63, 3.8) is 0 Å². The second-order valence-corrected chi connectivity index (χ2v) is 6.52. The molecule has 2 heterocycles. The van der Waals surface area contributed by atoms with E-state index in [2.05, 4.69) is 21.6 Å². The van der Waals surface area contributed by atoms with Crippen LogP contribution >= 0.6 is 0 Å². The maximum atomic E-state index is 12.7. The Morgan fingerprint density at radius 2 is 2.04 bits per heavy atom. The SMILES string of the molecule is CC1CCN(C(=O)c2ccc(-c3noc(C(F)(F)F)n3)cc2)C(CN)C1. The third-order valence-electron chi connectivity index (χ3n) is 4.57. The number of aromatic nitrogens is 2. The molecule has 1 saturated heterocycles. The minimum Gasteiger partial charge on any atom is -0.334 e. The summed E-state index contributed by atoms with van der Waals surface area (Å²) in [6, 6.07) is 6.10. The van der Waals surface area contributed by atoms with Gasteiger partial charge in [0.1, 0.15) is 0 Å². The van der Waals surface area contributed by atoms with Gasteiger partial charge in [-0.1, -0.05) is 24.2 Å². The molecular formula is C17H19F3N4O2. The second kappa shape index (κ2) is 7.06. The van der Waals surface area contributed by atoms with E-state index in [1.165, 1.54) is 12.1 Å². The molecule has 9 heteroatoms. The van der Waals surface area contributed by atoms with Crippen LogP contribution in [0.15, 0.2) is 28.8 Å². The summed E-state index contributed by atoms with van der Waals surface area (Å²) in [6.07, 6.45) is -2.91. The van der Waals surface area contributed by atoms with Gasteiger partial charge in [0.25, 0.3) is 5.91 Å². The molecule has 1 aromatic heterocycles. The summed E-state index contributed by atoms with van der Waals surface area (Å²) < 4.78 is 41.8. The lowest BCUT2D eigenvalue weighted by atomic mass is 9.92. The van der Waals surface area contributed by atoms with Crippen LogP contribution in [0.2, 0.25) is 0 Å². The van der Waals surface area contributed by atoms with Crippen molar-refractivity contribution in [3.05, 3.63) is 35.7 Å². The third-order valence-corrected chi connectivity index (χ3v) is 4.57. The van der Waals surface area contributed by atoms with Crippen molar-refractivity contribution >= 4 is 5.91 Å². The van der Waals surface area contributed by atoms with Gasteiger partial charge >= 0.3 is 12.1 Å². The first-order valence-electron chi connectivity index (χ1n) is 8.32. The summed E-state index contributed by atoms with van der Waals surface area (Å²) in [6.45, 7) is 3.18. The molecule has 6 nitrogen and oxygen atoms in total. The highest BCUT2D eigenvalue weighted by Crippen LogP contribution is 2.29. The zero-order valence-electron chi connectivity index (χ0n) is 14.2. The molecule has 1 amide bonds. The molecule has 2 atom stereocenters. The number of hydrogen-bond donors (Lipinski definition) is 1. The number of hydrogen-bond acceptors (Lipinski definition) is 5. The van der Waals surface area contributed by atoms with Gasteiger partial charge in [0.05, 0.1) is 0 Å². The Morgan fingerprint density at radius 1 is 1.35 bits per heavy atom. The quantitative estimate of drug-likeness (QED) is 0.900. The number of nitrogens with zero attached hydrogens (tertiary/aromatic N) is 3. The number of carbonyl (C=O) groups is 1. The standard InChI is InChI=1S/C17H19F3N4O2/c1-10-6-7-24(13(8-10)9-21)15(25)12-4-2-11(3-5-12)14-22-16(26-23-14)17(18,19)20/h2-5,10,13H,6-9,21H2,1H3. The summed E-state index contributed by atoms with van der Waals surface area (Å²) in [5, 5.41) is 3.33. The van der Waals surface area contributed by atoms with E-state index in [1.54, 1.807) is 17.0 Å². The van der Waals surface area contributed by atoms with Crippen LogP contribution in [-0.4, -0.2) is 40.1 Å². The van der Waals surface area contributed by atoms with Gasteiger partial charge < -0.3 is 15.2 Å². The number of carbonyl (C=O) groups excluding carboxylic acids is 1. The number of rotatable bonds is 3. The van der Waals surface area contributed by atoms with E-state index in [4.69, 9.17) is 5.73 Å². The predicted molar refractivity (Wildman–Crippen MR) is 87.0 cm³/mol. The third kappa shape index (κ3) is 3.72. The van der Waals surface area contributed by atoms with Crippen LogP contribution < -0.4 is 5.73 Å². The predicted octanol–water partition coefficient (Wildman–Crippen LogP) is 2.95. The Bertz CT molecular complexity index is 773. The van der Waals surface area contributed by atoms with Crippen LogP contribution in [0.1, 0.15) is 36.0 Å². The first kappa shape index (κ1) is 18.4. The molecule has 0 saturated carbocycles. The maximum Gasteiger partial charge on any atom is 0.471 e. The summed E-state index contributed by atoms with van der Waals surface area (Å²) in [5.74, 6) is -1.19. The molecule has 1 fully saturated rings. The lowest BCUT2D eigenvalue weighted by Crippen LogP contribution is -2.49. The van der Waals surface area contributed by atoms with E-state index < -0.39 is 12.1 Å². The molecule has 26 heavy (non-hydrogen) atoms. The van der Waals surface area contributed by atoms with E-state index in [0.717, 1.165) is 12.8 Å². The van der Waals surface area contributed by atoms with E-state index >= 15 is 0 Å². The van der Waals surface area contributed by atoms with Gasteiger partial charge in [0.15, 0.2) is 0 Å². The Morgan fingerprint density at radius 3 is 2.62 bits per heavy atom. The largest absolute Gasteiger partial charge is 0.471 e. The van der Waals surface area contributed by atoms with Gasteiger partial charge in [0, 0.05) is 30.3 Å². The van der Waals surface area contributed by atoms with Crippen LogP contribution in [0.25, 0.3) is 11.4 Å². The molecule has 2 N–H and O–H groups in total. The Balaban J connectivity index is 1.77. The second-order valence-electron chi connectivity index (χ2n) is 6.52. The molecule has 0 radical (unpaired) electrons. The fourth-order valence-electron chi connectivity index (χ4n) is 3.13. The zero-order chi connectivity index (χ0) is 18.9. The first-order chi connectivity index (χ1) is 12.3. The van der Waals surface area contributed by atoms with Gasteiger partial charge in [-0.25, -0.2) is 0 Å². The van der Waals surface area contributed by atoms with Crippen molar-refractivity contribution in [1.82, 2.24) is 15.0 Å². The van der Waals surface area contributed by atoms with Crippen LogP contribution in [0.5, 0.6) is 0 Å². The van der Waals surface area contributed by atoms with Crippen molar-refractivity contribution < 1.29 is 22.5 Å². The number of alkyl halides is 3. The summed E-state index contributed by atoms with van der Waals surface area (Å²) in [5.41, 5.74) is 6.58. The number of nitrogens with two attached hydrogens (primary N) is 1. The van der Waals surface area contributed by atoms with Gasteiger partial charge in [0.2, 0.25) is 5.82 Å². The molecule has 140 valence electrons. The lowest BCUT2D eigenvalue weighted by Gasteiger charge is -2.38. The Hall–Kier alpha value is -2.42. The Kier molecular flexibility index (Phi) is 4.99. The molecular weight excluding hydrogens is 349 g/mol. The average Bonchev–Trinajstić information content (AvgIpc) is 3.11. The van der Waals surface area contributed by atoms with Crippen molar-refractivity contribution in [2.24, 2.45) is 11.7 Å². The number of benzene rings is 1. The van der Waals surface area contributed by atoms with Crippen molar-refractivity contribution in [1.29, 1.82) is 0 Å². The van der Waals surface area contributed by atoms with E-state index in [-0.39, 0.29) is 17.8 Å². The van der Waals surface area contributed by atoms with Crippen LogP contribution in [-0.2, 0) is 6.18 Å². The first-order valence-corrected chi connectivity index (χ1v) is 8.32. The van der Waals surface area contributed by atoms with E-state index in [0.29, 0.717) is 30.1 Å². The maximum absolute atomic E-state index is 12.7. The van der Waals surface area contributed by atoms with Crippen LogP contribution in [0.3, 0.4) is 0 Å². The molecule has 3 rings (SSSR count). The van der Waals surface area contributed by atoms with Crippen molar-refractivity contribution in [3.8, 4) is 11.4 Å². The van der Waals surface area contributed by atoms with Crippen LogP contribution in [0.4, 0.5) is 13.2 Å². The van der Waals surface area contributed by atoms with Gasteiger partial charge in [-0.05, 0) is 30.9 Å². The number of amides is 1. The fraction of sp³-hybridized carbons (Fsp3) is 0.471. The molecule has 2 unspecified atom stereocenters. The molecule has 0 aliphatic carbocycles. The topological polar surface area (TPSA) is 85.2 Å². The fourth-order valence-corrected chi connectivity index (χ4v) is 3.13. The van der Waals surface area contributed by atoms with E-state index in [1.807, 2.05) is 0 Å². The summed E-state index contributed by atoms with van der Waals surface area (Å²) in [7, 11) is 0. The summed E-state index contributed by atoms with van der Waals surface area (Å²) in [4.78, 5) is 17.8. The number of likely N-dealkylation sites (tertiary alicyclic amines) is 1. The van der Waals surface area contributed by atoms with Gasteiger partial charge in [-0.3, -0.25) is 4.79 Å². The molecule has 1 aliphatic rings. The zero-order valence-corrected chi connectivity index (χ0v) is 14.2. The highest BCUT2D eigenvalue weighted by Gasteiger charge is 2.38. The molecule has 2 aromatic rings. The minimum atomic E-state index is -4.69. The molecule has 1 aliphatic heterocycles. The van der Waals surface area contributed by atoms with Gasteiger partial charge in [-0.2, -0.15) is 18.2 Å². The minimum absolute atomic E-state index is 0.00234. The normalized spacial score (nSPS) is 21.0. The monoisotopic (exact) mass is 368 g/mol. The molecule has 0 bridgehead atoms. The van der Waals surface area contributed by atoms with Crippen molar-refractivity contribution in [2.75, 3.05) is 13.1 Å². The van der Waals surface area contributed by atoms with E-state index in [9.17, 15) is 18.0 Å². The molecule has 0 spiro atoms. The average molecular weight is 368 g/mol. The molecule has 1 aromatic carbocycles. The number of halogens is 3. The Labute approximate surface area is 148 Å².